The van der Waals surface area contributed by atoms with Gasteiger partial charge >= 0.3 is 0 Å². The summed E-state index contributed by atoms with van der Waals surface area (Å²) < 4.78 is 36.9. The first-order valence-corrected chi connectivity index (χ1v) is 12.8. The molecule has 7 nitrogen and oxygen atoms in total. The molecular formula is C25H27ClN2O5S. The van der Waals surface area contributed by atoms with E-state index in [1.807, 2.05) is 0 Å². The van der Waals surface area contributed by atoms with Crippen LogP contribution in [-0.4, -0.2) is 40.8 Å². The van der Waals surface area contributed by atoms with Gasteiger partial charge in [-0.1, -0.05) is 29.8 Å². The maximum absolute atomic E-state index is 12.5. The summed E-state index contributed by atoms with van der Waals surface area (Å²) >= 11 is 6.19. The molecule has 0 heterocycles. The zero-order chi connectivity index (χ0) is 24.7. The fraction of sp³-hybridized carbons (Fsp3) is 0.240. The number of benzene rings is 3. The lowest BCUT2D eigenvalue weighted by Gasteiger charge is -2.24. The number of methoxy groups -OCH3 is 1. The standard InChI is InChI=1S/C25H27ClN2O5S/c1-18-23(26)5-4-6-24(18)28(34(3,30)31)17-19-7-9-20(10-8-19)25(29)27-15-16-33-22-13-11-21(32-2)12-14-22/h4-14H,15-17H2,1-3H3,(H,27,29). The first-order chi connectivity index (χ1) is 16.2. The van der Waals surface area contributed by atoms with Crippen LogP contribution >= 0.6 is 11.6 Å². The van der Waals surface area contributed by atoms with Crippen molar-refractivity contribution in [1.29, 1.82) is 0 Å². The fourth-order valence-electron chi connectivity index (χ4n) is 3.28. The van der Waals surface area contributed by atoms with Crippen molar-refractivity contribution < 1.29 is 22.7 Å². The Balaban J connectivity index is 1.58. The number of anilines is 1. The summed E-state index contributed by atoms with van der Waals surface area (Å²) in [6, 6.07) is 19.2. The Bertz CT molecular complexity index is 1230. The minimum Gasteiger partial charge on any atom is -0.497 e. The number of carbonyl (C=O) groups excluding carboxylic acids is 1. The average molecular weight is 503 g/mol. The van der Waals surface area contributed by atoms with E-state index in [1.165, 1.54) is 4.31 Å². The summed E-state index contributed by atoms with van der Waals surface area (Å²) in [4.78, 5) is 12.4. The summed E-state index contributed by atoms with van der Waals surface area (Å²) in [5, 5.41) is 3.30. The predicted molar refractivity (Wildman–Crippen MR) is 134 cm³/mol. The number of carbonyl (C=O) groups is 1. The van der Waals surface area contributed by atoms with Crippen LogP contribution in [0.1, 0.15) is 21.5 Å². The number of halogens is 1. The van der Waals surface area contributed by atoms with Crippen LogP contribution in [0.15, 0.2) is 66.7 Å². The highest BCUT2D eigenvalue weighted by atomic mass is 35.5. The smallest absolute Gasteiger partial charge is 0.251 e. The summed E-state index contributed by atoms with van der Waals surface area (Å²) in [6.07, 6.45) is 1.16. The molecule has 0 aromatic heterocycles. The fourth-order valence-corrected chi connectivity index (χ4v) is 4.39. The Kier molecular flexibility index (Phi) is 8.41. The minimum absolute atomic E-state index is 0.123. The van der Waals surface area contributed by atoms with Crippen molar-refractivity contribution >= 4 is 33.2 Å². The molecule has 1 amide bonds. The van der Waals surface area contributed by atoms with Crippen LogP contribution in [0.4, 0.5) is 5.69 Å². The second kappa shape index (κ2) is 11.3. The summed E-state index contributed by atoms with van der Waals surface area (Å²) in [5.41, 5.74) is 2.42. The van der Waals surface area contributed by atoms with Gasteiger partial charge in [-0.25, -0.2) is 8.42 Å². The van der Waals surface area contributed by atoms with Crippen LogP contribution in [0.5, 0.6) is 11.5 Å². The number of hydrogen-bond donors (Lipinski definition) is 1. The van der Waals surface area contributed by atoms with Crippen molar-refractivity contribution in [2.24, 2.45) is 0 Å². The molecule has 0 aliphatic heterocycles. The molecule has 0 saturated carbocycles. The molecule has 0 bridgehead atoms. The van der Waals surface area contributed by atoms with Gasteiger partial charge in [0, 0.05) is 10.6 Å². The molecule has 180 valence electrons. The molecule has 0 aliphatic rings. The molecule has 0 unspecified atom stereocenters. The maximum Gasteiger partial charge on any atom is 0.251 e. The number of rotatable bonds is 10. The van der Waals surface area contributed by atoms with E-state index in [1.54, 1.807) is 80.8 Å². The van der Waals surface area contributed by atoms with Gasteiger partial charge in [0.1, 0.15) is 18.1 Å². The summed E-state index contributed by atoms with van der Waals surface area (Å²) in [7, 11) is -1.95. The van der Waals surface area contributed by atoms with Crippen LogP contribution in [-0.2, 0) is 16.6 Å². The Morgan fingerprint density at radius 3 is 2.26 bits per heavy atom. The number of hydrogen-bond acceptors (Lipinski definition) is 5. The van der Waals surface area contributed by atoms with Crippen molar-refractivity contribution in [3.8, 4) is 11.5 Å². The first kappa shape index (κ1) is 25.4. The van der Waals surface area contributed by atoms with Gasteiger partial charge in [-0.2, -0.15) is 0 Å². The third-order valence-electron chi connectivity index (χ3n) is 5.17. The number of sulfonamides is 1. The zero-order valence-electron chi connectivity index (χ0n) is 19.2. The minimum atomic E-state index is -3.55. The van der Waals surface area contributed by atoms with Gasteiger partial charge in [0.15, 0.2) is 0 Å². The van der Waals surface area contributed by atoms with Crippen LogP contribution in [0.3, 0.4) is 0 Å². The van der Waals surface area contributed by atoms with Crippen molar-refractivity contribution in [1.82, 2.24) is 5.32 Å². The van der Waals surface area contributed by atoms with E-state index >= 15 is 0 Å². The van der Waals surface area contributed by atoms with E-state index in [-0.39, 0.29) is 12.5 Å². The van der Waals surface area contributed by atoms with Crippen molar-refractivity contribution in [2.75, 3.05) is 30.8 Å². The molecule has 3 rings (SSSR count). The van der Waals surface area contributed by atoms with Gasteiger partial charge in [-0.05, 0) is 66.6 Å². The quantitative estimate of drug-likeness (QED) is 0.414. The largest absolute Gasteiger partial charge is 0.497 e. The Labute approximate surface area is 205 Å². The van der Waals surface area contributed by atoms with Crippen LogP contribution in [0, 0.1) is 6.92 Å². The first-order valence-electron chi connectivity index (χ1n) is 10.6. The molecule has 1 N–H and O–H groups in total. The highest BCUT2D eigenvalue weighted by Gasteiger charge is 2.20. The second-order valence-corrected chi connectivity index (χ2v) is 9.94. The molecule has 0 saturated heterocycles. The van der Waals surface area contributed by atoms with E-state index in [9.17, 15) is 13.2 Å². The van der Waals surface area contributed by atoms with Crippen LogP contribution in [0.2, 0.25) is 5.02 Å². The monoisotopic (exact) mass is 502 g/mol. The number of amides is 1. The molecule has 3 aromatic rings. The molecule has 9 heteroatoms. The van der Waals surface area contributed by atoms with Crippen LogP contribution < -0.4 is 19.1 Å². The Morgan fingerprint density at radius 2 is 1.65 bits per heavy atom. The molecule has 0 fully saturated rings. The van der Waals surface area contributed by atoms with Gasteiger partial charge in [-0.3, -0.25) is 9.10 Å². The third-order valence-corrected chi connectivity index (χ3v) is 6.70. The molecule has 34 heavy (non-hydrogen) atoms. The zero-order valence-corrected chi connectivity index (χ0v) is 20.8. The molecule has 0 atom stereocenters. The number of ether oxygens (including phenoxy) is 2. The molecule has 3 aromatic carbocycles. The molecular weight excluding hydrogens is 476 g/mol. The van der Waals surface area contributed by atoms with E-state index in [0.717, 1.165) is 17.6 Å². The van der Waals surface area contributed by atoms with E-state index in [4.69, 9.17) is 21.1 Å². The van der Waals surface area contributed by atoms with Gasteiger partial charge in [0.05, 0.1) is 32.1 Å². The Hall–Kier alpha value is -3.23. The van der Waals surface area contributed by atoms with Crippen LogP contribution in [0.25, 0.3) is 0 Å². The van der Waals surface area contributed by atoms with Crippen molar-refractivity contribution in [2.45, 2.75) is 13.5 Å². The molecule has 0 spiro atoms. The van der Waals surface area contributed by atoms with E-state index in [2.05, 4.69) is 5.32 Å². The normalized spacial score (nSPS) is 11.1. The SMILES string of the molecule is COc1ccc(OCCNC(=O)c2ccc(CN(c3cccc(Cl)c3C)S(C)(=O)=O)cc2)cc1. The molecule has 0 radical (unpaired) electrons. The van der Waals surface area contributed by atoms with Gasteiger partial charge in [0.25, 0.3) is 5.91 Å². The Morgan fingerprint density at radius 1 is 1.00 bits per heavy atom. The highest BCUT2D eigenvalue weighted by molar-refractivity contribution is 7.92. The van der Waals surface area contributed by atoms with Gasteiger partial charge in [0.2, 0.25) is 10.0 Å². The van der Waals surface area contributed by atoms with Gasteiger partial charge in [-0.15, -0.1) is 0 Å². The second-order valence-electron chi connectivity index (χ2n) is 7.63. The lowest BCUT2D eigenvalue weighted by atomic mass is 10.1. The summed E-state index contributed by atoms with van der Waals surface area (Å²) in [6.45, 7) is 2.56. The lowest BCUT2D eigenvalue weighted by Crippen LogP contribution is -2.30. The van der Waals surface area contributed by atoms with Crippen molar-refractivity contribution in [3.05, 3.63) is 88.4 Å². The van der Waals surface area contributed by atoms with Crippen molar-refractivity contribution in [3.63, 3.8) is 0 Å². The summed E-state index contributed by atoms with van der Waals surface area (Å²) in [5.74, 6) is 1.19. The lowest BCUT2D eigenvalue weighted by molar-refractivity contribution is 0.0947. The average Bonchev–Trinajstić information content (AvgIpc) is 2.82. The number of nitrogens with one attached hydrogen (secondary N) is 1. The van der Waals surface area contributed by atoms with E-state index < -0.39 is 10.0 Å². The topological polar surface area (TPSA) is 84.9 Å². The number of nitrogens with zero attached hydrogens (tertiary/aromatic N) is 1. The van der Waals surface area contributed by atoms with Gasteiger partial charge < -0.3 is 14.8 Å². The highest BCUT2D eigenvalue weighted by Crippen LogP contribution is 2.29. The predicted octanol–water partition coefficient (Wildman–Crippen LogP) is 4.43. The third kappa shape index (κ3) is 6.65. The molecule has 0 aliphatic carbocycles. The maximum atomic E-state index is 12.5. The van der Waals surface area contributed by atoms with E-state index in [0.29, 0.717) is 40.7 Å².